The lowest BCUT2D eigenvalue weighted by Crippen LogP contribution is -2.41. The van der Waals surface area contributed by atoms with Crippen molar-refractivity contribution in [3.05, 3.63) is 65.2 Å². The molecule has 3 aliphatic rings. The Bertz CT molecular complexity index is 1500. The molecule has 3 heterocycles. The van der Waals surface area contributed by atoms with Gasteiger partial charge >= 0.3 is 14.2 Å². The Balaban J connectivity index is 1.48. The molecule has 2 fully saturated rings. The molecular formula is C36H47B2NO5. The van der Waals surface area contributed by atoms with Crippen LogP contribution >= 0.6 is 0 Å². The number of rotatable bonds is 3. The number of hydrogen-bond donors (Lipinski definition) is 0. The lowest BCUT2D eigenvalue weighted by Gasteiger charge is -2.36. The number of anilines is 3. The molecule has 0 N–H and O–H groups in total. The van der Waals surface area contributed by atoms with Gasteiger partial charge in [-0.3, -0.25) is 0 Å². The van der Waals surface area contributed by atoms with Crippen LogP contribution in [0.25, 0.3) is 0 Å². The molecule has 0 atom stereocenters. The Morgan fingerprint density at radius 3 is 1.27 bits per heavy atom. The molecule has 44 heavy (non-hydrogen) atoms. The lowest BCUT2D eigenvalue weighted by atomic mass is 9.78. The minimum atomic E-state index is -0.491. The van der Waals surface area contributed by atoms with Crippen LogP contribution in [0.1, 0.15) is 92.9 Å². The van der Waals surface area contributed by atoms with Gasteiger partial charge in [0.1, 0.15) is 0 Å². The number of benzene rings is 3. The predicted octanol–water partition coefficient (Wildman–Crippen LogP) is 7.77. The van der Waals surface area contributed by atoms with Gasteiger partial charge in [-0.2, -0.15) is 0 Å². The summed E-state index contributed by atoms with van der Waals surface area (Å²) in [6.45, 7) is 27.8. The molecule has 6 nitrogen and oxygen atoms in total. The first-order valence-corrected chi connectivity index (χ1v) is 15.8. The van der Waals surface area contributed by atoms with Gasteiger partial charge in [-0.25, -0.2) is 0 Å². The highest BCUT2D eigenvalue weighted by atomic mass is 16.7. The maximum atomic E-state index is 6.73. The van der Waals surface area contributed by atoms with Crippen LogP contribution < -0.4 is 20.6 Å². The number of aryl methyl sites for hydroxylation is 2. The Labute approximate surface area is 264 Å². The average Bonchev–Trinajstić information content (AvgIpc) is 3.25. The topological polar surface area (TPSA) is 49.4 Å². The standard InChI is InChI=1S/C36H47B2NO5/c1-22-18-24(32(3,4)5)19-23(2)31(22)39-27-16-14-25(37-41-33(6,7)34(8,9)42-37)20-29(27)40-30-21-26(15-17-28(30)39)38-43-35(10,11)36(12,13)44-38/h14-21H,1-13H3. The summed E-state index contributed by atoms with van der Waals surface area (Å²) in [5, 5.41) is 0. The normalized spacial score (nSPS) is 21.2. The van der Waals surface area contributed by atoms with Gasteiger partial charge in [0.15, 0.2) is 11.5 Å². The van der Waals surface area contributed by atoms with Crippen molar-refractivity contribution in [3.63, 3.8) is 0 Å². The molecule has 0 aromatic heterocycles. The zero-order valence-corrected chi connectivity index (χ0v) is 28.8. The van der Waals surface area contributed by atoms with Crippen molar-refractivity contribution in [1.29, 1.82) is 0 Å². The van der Waals surface area contributed by atoms with Crippen LogP contribution in [-0.4, -0.2) is 36.6 Å². The maximum Gasteiger partial charge on any atom is 0.494 e. The number of hydrogen-bond acceptors (Lipinski definition) is 6. The molecule has 0 amide bonds. The van der Waals surface area contributed by atoms with Gasteiger partial charge in [-0.15, -0.1) is 0 Å². The molecule has 0 unspecified atom stereocenters. The SMILES string of the molecule is Cc1cc(C(C)(C)C)cc(C)c1N1c2ccc(B3OC(C)(C)C(C)(C)O3)cc2Oc2cc(B3OC(C)(C)C(C)(C)O3)ccc21. The molecule has 0 spiro atoms. The third-order valence-electron chi connectivity index (χ3n) is 10.3. The first-order valence-electron chi connectivity index (χ1n) is 15.8. The van der Waals surface area contributed by atoms with Gasteiger partial charge in [-0.1, -0.05) is 45.0 Å². The van der Waals surface area contributed by atoms with Crippen LogP contribution in [0, 0.1) is 13.8 Å². The van der Waals surface area contributed by atoms with Crippen molar-refractivity contribution in [3.8, 4) is 11.5 Å². The van der Waals surface area contributed by atoms with E-state index in [0.29, 0.717) is 0 Å². The van der Waals surface area contributed by atoms with Gasteiger partial charge in [0.2, 0.25) is 0 Å². The molecule has 2 saturated heterocycles. The molecule has 232 valence electrons. The molecule has 3 aliphatic heterocycles. The van der Waals surface area contributed by atoms with E-state index in [1.165, 1.54) is 16.7 Å². The molecule has 8 heteroatoms. The van der Waals surface area contributed by atoms with E-state index in [-0.39, 0.29) is 5.41 Å². The fourth-order valence-electron chi connectivity index (χ4n) is 6.08. The van der Waals surface area contributed by atoms with E-state index in [4.69, 9.17) is 23.4 Å². The highest BCUT2D eigenvalue weighted by molar-refractivity contribution is 6.62. The second-order valence-corrected chi connectivity index (χ2v) is 15.8. The molecule has 0 aliphatic carbocycles. The van der Waals surface area contributed by atoms with Crippen molar-refractivity contribution in [1.82, 2.24) is 0 Å². The summed E-state index contributed by atoms with van der Waals surface area (Å²) in [4.78, 5) is 2.33. The molecule has 0 radical (unpaired) electrons. The fraction of sp³-hybridized carbons (Fsp3) is 0.500. The fourth-order valence-corrected chi connectivity index (χ4v) is 6.08. The van der Waals surface area contributed by atoms with E-state index in [1.807, 2.05) is 0 Å². The number of fused-ring (bicyclic) bond motifs is 2. The van der Waals surface area contributed by atoms with Gasteiger partial charge < -0.3 is 28.3 Å². The minimum absolute atomic E-state index is 0.0460. The highest BCUT2D eigenvalue weighted by Crippen LogP contribution is 2.52. The van der Waals surface area contributed by atoms with Crippen molar-refractivity contribution < 1.29 is 23.4 Å². The quantitative estimate of drug-likeness (QED) is 0.226. The Morgan fingerprint density at radius 2 is 0.932 bits per heavy atom. The van der Waals surface area contributed by atoms with Crippen LogP contribution in [-0.2, 0) is 24.0 Å². The zero-order chi connectivity index (χ0) is 32.2. The molecular weight excluding hydrogens is 548 g/mol. The van der Waals surface area contributed by atoms with Gasteiger partial charge in [-0.05, 0) is 127 Å². The van der Waals surface area contributed by atoms with E-state index in [2.05, 4.69) is 143 Å². The third-order valence-corrected chi connectivity index (χ3v) is 10.3. The predicted molar refractivity (Wildman–Crippen MR) is 181 cm³/mol. The van der Waals surface area contributed by atoms with E-state index in [9.17, 15) is 0 Å². The summed E-state index contributed by atoms with van der Waals surface area (Å²) in [6, 6.07) is 17.2. The maximum absolute atomic E-state index is 6.73. The zero-order valence-electron chi connectivity index (χ0n) is 28.8. The van der Waals surface area contributed by atoms with Crippen LogP contribution in [0.15, 0.2) is 48.5 Å². The Hall–Kier alpha value is -2.77. The summed E-state index contributed by atoms with van der Waals surface area (Å²) >= 11 is 0. The van der Waals surface area contributed by atoms with Crippen LogP contribution in [0.5, 0.6) is 11.5 Å². The van der Waals surface area contributed by atoms with E-state index >= 15 is 0 Å². The molecule has 0 saturated carbocycles. The van der Waals surface area contributed by atoms with E-state index in [1.54, 1.807) is 0 Å². The highest BCUT2D eigenvalue weighted by Gasteiger charge is 2.53. The summed E-state index contributed by atoms with van der Waals surface area (Å²) in [5.41, 5.74) is 6.96. The minimum Gasteiger partial charge on any atom is -0.453 e. The Kier molecular flexibility index (Phi) is 7.00. The van der Waals surface area contributed by atoms with Crippen molar-refractivity contribution in [2.75, 3.05) is 4.90 Å². The van der Waals surface area contributed by atoms with Crippen LogP contribution in [0.4, 0.5) is 17.1 Å². The smallest absolute Gasteiger partial charge is 0.453 e. The van der Waals surface area contributed by atoms with Crippen molar-refractivity contribution in [2.24, 2.45) is 0 Å². The Morgan fingerprint density at radius 1 is 0.568 bits per heavy atom. The van der Waals surface area contributed by atoms with Crippen molar-refractivity contribution >= 4 is 42.2 Å². The molecule has 3 aromatic carbocycles. The first kappa shape index (κ1) is 31.2. The van der Waals surface area contributed by atoms with Crippen LogP contribution in [0.2, 0.25) is 0 Å². The summed E-state index contributed by atoms with van der Waals surface area (Å²) in [5.74, 6) is 1.49. The summed E-state index contributed by atoms with van der Waals surface area (Å²) in [7, 11) is -0.983. The molecule has 0 bridgehead atoms. The second-order valence-electron chi connectivity index (χ2n) is 15.8. The van der Waals surface area contributed by atoms with Crippen LogP contribution in [0.3, 0.4) is 0 Å². The largest absolute Gasteiger partial charge is 0.494 e. The lowest BCUT2D eigenvalue weighted by molar-refractivity contribution is 0.00578. The average molecular weight is 595 g/mol. The van der Waals surface area contributed by atoms with E-state index in [0.717, 1.165) is 39.5 Å². The molecule has 6 rings (SSSR count). The second kappa shape index (κ2) is 9.86. The van der Waals surface area contributed by atoms with Gasteiger partial charge in [0, 0.05) is 0 Å². The van der Waals surface area contributed by atoms with Gasteiger partial charge in [0.25, 0.3) is 0 Å². The summed E-state index contributed by atoms with van der Waals surface area (Å²) < 4.78 is 32.4. The number of nitrogens with zero attached hydrogens (tertiary/aromatic N) is 1. The first-order chi connectivity index (χ1) is 20.2. The summed E-state index contributed by atoms with van der Waals surface area (Å²) in [6.07, 6.45) is 0. The van der Waals surface area contributed by atoms with E-state index < -0.39 is 36.6 Å². The van der Waals surface area contributed by atoms with Crippen molar-refractivity contribution in [2.45, 2.75) is 118 Å². The number of ether oxygens (including phenoxy) is 1. The third kappa shape index (κ3) is 4.99. The molecule has 3 aromatic rings. The monoisotopic (exact) mass is 595 g/mol. The van der Waals surface area contributed by atoms with Gasteiger partial charge in [0.05, 0.1) is 39.5 Å².